The minimum absolute atomic E-state index is 0.0779. The highest BCUT2D eigenvalue weighted by Gasteiger charge is 2.24. The van der Waals surface area contributed by atoms with Crippen molar-refractivity contribution in [3.63, 3.8) is 0 Å². The van der Waals surface area contributed by atoms with Crippen LogP contribution < -0.4 is 15.8 Å². The van der Waals surface area contributed by atoms with Crippen LogP contribution in [0.15, 0.2) is 36.1 Å². The fourth-order valence-corrected chi connectivity index (χ4v) is 5.84. The van der Waals surface area contributed by atoms with Crippen LogP contribution in [0.25, 0.3) is 10.2 Å². The molecule has 1 aliphatic rings. The van der Waals surface area contributed by atoms with Crippen molar-refractivity contribution in [3.8, 4) is 5.75 Å². The number of likely N-dealkylation sites (tertiary alicyclic amines) is 1. The van der Waals surface area contributed by atoms with Crippen LogP contribution in [0.4, 0.5) is 15.9 Å². The monoisotopic (exact) mass is 498 g/mol. The number of halogens is 1. The van der Waals surface area contributed by atoms with Crippen molar-refractivity contribution < 1.29 is 13.9 Å². The smallest absolute Gasteiger partial charge is 0.259 e. The predicted molar refractivity (Wildman–Crippen MR) is 131 cm³/mol. The number of carbonyl (C=O) groups excluding carboxylic acids is 1. The minimum Gasteiger partial charge on any atom is -0.487 e. The number of fused-ring (bicyclic) bond motifs is 1. The van der Waals surface area contributed by atoms with Gasteiger partial charge in [-0.3, -0.25) is 9.69 Å². The van der Waals surface area contributed by atoms with Crippen LogP contribution in [0, 0.1) is 12.7 Å². The molecule has 4 aromatic rings. The number of rotatable bonds is 7. The normalized spacial score (nSPS) is 16.6. The van der Waals surface area contributed by atoms with Crippen LogP contribution in [0.5, 0.6) is 5.75 Å². The highest BCUT2D eigenvalue weighted by atomic mass is 32.1. The maximum Gasteiger partial charge on any atom is 0.259 e. The zero-order valence-corrected chi connectivity index (χ0v) is 20.1. The number of anilines is 2. The Morgan fingerprint density at radius 1 is 1.35 bits per heavy atom. The molecule has 5 rings (SSSR count). The Bertz CT molecular complexity index is 1330. The third-order valence-corrected chi connectivity index (χ3v) is 7.72. The Kier molecular flexibility index (Phi) is 6.40. The van der Waals surface area contributed by atoms with E-state index in [9.17, 15) is 9.18 Å². The number of ether oxygens (including phenoxy) is 1. The summed E-state index contributed by atoms with van der Waals surface area (Å²) in [5.41, 5.74) is 6.81. The maximum absolute atomic E-state index is 14.2. The summed E-state index contributed by atoms with van der Waals surface area (Å²) in [6, 6.07) is 4.39. The highest BCUT2D eigenvalue weighted by molar-refractivity contribution is 7.20. The number of hydrogen-bond acceptors (Lipinski definition) is 9. The molecule has 11 heteroatoms. The van der Waals surface area contributed by atoms with Crippen molar-refractivity contribution >= 4 is 50.3 Å². The van der Waals surface area contributed by atoms with Crippen molar-refractivity contribution in [1.82, 2.24) is 19.9 Å². The van der Waals surface area contributed by atoms with Gasteiger partial charge in [0.25, 0.3) is 5.91 Å². The summed E-state index contributed by atoms with van der Waals surface area (Å²) in [6.45, 7) is 4.31. The van der Waals surface area contributed by atoms with Gasteiger partial charge in [-0.1, -0.05) is 0 Å². The van der Waals surface area contributed by atoms with E-state index in [-0.39, 0.29) is 11.9 Å². The van der Waals surface area contributed by atoms with Gasteiger partial charge in [-0.2, -0.15) is 0 Å². The Morgan fingerprint density at radius 2 is 2.24 bits per heavy atom. The molecule has 1 atom stereocenters. The van der Waals surface area contributed by atoms with Gasteiger partial charge < -0.3 is 15.8 Å². The van der Waals surface area contributed by atoms with Crippen molar-refractivity contribution in [2.45, 2.75) is 32.4 Å². The third-order valence-electron chi connectivity index (χ3n) is 5.75. The van der Waals surface area contributed by atoms with Crippen molar-refractivity contribution in [2.75, 3.05) is 18.4 Å². The molecular formula is C23H23FN6O2S2. The van der Waals surface area contributed by atoms with Gasteiger partial charge in [0.15, 0.2) is 0 Å². The van der Waals surface area contributed by atoms with Gasteiger partial charge >= 0.3 is 0 Å². The van der Waals surface area contributed by atoms with E-state index in [1.807, 2.05) is 18.5 Å². The van der Waals surface area contributed by atoms with Crippen molar-refractivity contribution in [3.05, 3.63) is 57.4 Å². The Balaban J connectivity index is 1.39. The molecular weight excluding hydrogens is 475 g/mol. The molecule has 176 valence electrons. The van der Waals surface area contributed by atoms with Gasteiger partial charge in [0.05, 0.1) is 22.5 Å². The largest absolute Gasteiger partial charge is 0.487 e. The molecule has 1 aliphatic heterocycles. The lowest BCUT2D eigenvalue weighted by atomic mass is 10.1. The summed E-state index contributed by atoms with van der Waals surface area (Å²) in [6.07, 6.45) is 5.03. The molecule has 0 saturated carbocycles. The number of nitrogens with two attached hydrogens (primary N) is 1. The number of carbonyl (C=O) groups is 1. The first-order valence-corrected chi connectivity index (χ1v) is 12.6. The number of aromatic nitrogens is 3. The Hall–Kier alpha value is -3.15. The lowest BCUT2D eigenvalue weighted by Gasteiger charge is -2.32. The molecule has 1 amide bonds. The number of nitrogens with one attached hydrogen (secondary N) is 1. The van der Waals surface area contributed by atoms with Gasteiger partial charge in [-0.05, 0) is 44.0 Å². The summed E-state index contributed by atoms with van der Waals surface area (Å²) in [5, 5.41) is 7.02. The number of aryl methyl sites for hydroxylation is 1. The predicted octanol–water partition coefficient (Wildman–Crippen LogP) is 4.48. The molecule has 0 aliphatic carbocycles. The van der Waals surface area contributed by atoms with E-state index in [0.717, 1.165) is 37.5 Å². The second-order valence-corrected chi connectivity index (χ2v) is 10.1. The molecule has 1 fully saturated rings. The molecule has 1 aromatic carbocycles. The second kappa shape index (κ2) is 9.61. The fourth-order valence-electron chi connectivity index (χ4n) is 4.18. The van der Waals surface area contributed by atoms with Crippen molar-refractivity contribution in [1.29, 1.82) is 0 Å². The first-order chi connectivity index (χ1) is 16.5. The Labute approximate surface area is 203 Å². The van der Waals surface area contributed by atoms with Crippen LogP contribution in [0.3, 0.4) is 0 Å². The molecule has 3 N–H and O–H groups in total. The average molecular weight is 499 g/mol. The lowest BCUT2D eigenvalue weighted by molar-refractivity contribution is 0.0845. The molecule has 34 heavy (non-hydrogen) atoms. The number of piperidine rings is 1. The van der Waals surface area contributed by atoms with Crippen LogP contribution >= 0.6 is 22.7 Å². The van der Waals surface area contributed by atoms with E-state index in [4.69, 9.17) is 10.5 Å². The topological polar surface area (TPSA) is 106 Å². The lowest BCUT2D eigenvalue weighted by Crippen LogP contribution is -2.40. The van der Waals surface area contributed by atoms with E-state index < -0.39 is 5.91 Å². The number of thiophene rings is 1. The molecule has 0 bridgehead atoms. The van der Waals surface area contributed by atoms with Gasteiger partial charge in [-0.15, -0.1) is 22.7 Å². The highest BCUT2D eigenvalue weighted by Crippen LogP contribution is 2.37. The zero-order valence-electron chi connectivity index (χ0n) is 18.5. The Morgan fingerprint density at radius 3 is 3.03 bits per heavy atom. The number of primary amides is 1. The summed E-state index contributed by atoms with van der Waals surface area (Å²) in [7, 11) is 0. The quantitative estimate of drug-likeness (QED) is 0.387. The summed E-state index contributed by atoms with van der Waals surface area (Å²) >= 11 is 2.87. The first kappa shape index (κ1) is 22.6. The third kappa shape index (κ3) is 4.72. The van der Waals surface area contributed by atoms with E-state index in [2.05, 4.69) is 25.2 Å². The standard InChI is InChI=1S/C23H23FN6O2S2/c1-13-19-22(27-12-28-23(19)34-20(13)21(25)31)29-16-5-4-14(24)9-17(16)32-15-3-2-7-30(10-15)11-18-26-6-8-33-18/h4-6,8-9,12,15H,2-3,7,10-11H2,1H3,(H2,25,31)(H,27,28,29). The molecule has 1 unspecified atom stereocenters. The summed E-state index contributed by atoms with van der Waals surface area (Å²) in [4.78, 5) is 28.2. The van der Waals surface area contributed by atoms with E-state index in [1.54, 1.807) is 17.4 Å². The van der Waals surface area contributed by atoms with Gasteiger partial charge in [0, 0.05) is 24.2 Å². The van der Waals surface area contributed by atoms with E-state index in [0.29, 0.717) is 37.9 Å². The van der Waals surface area contributed by atoms with Crippen LogP contribution in [0.1, 0.15) is 33.1 Å². The molecule has 4 heterocycles. The molecule has 3 aromatic heterocycles. The number of nitrogens with zero attached hydrogens (tertiary/aromatic N) is 4. The second-order valence-electron chi connectivity index (χ2n) is 8.13. The molecule has 1 saturated heterocycles. The fraction of sp³-hybridized carbons (Fsp3) is 0.304. The van der Waals surface area contributed by atoms with Crippen LogP contribution in [-0.4, -0.2) is 45.0 Å². The van der Waals surface area contributed by atoms with Crippen LogP contribution in [-0.2, 0) is 6.54 Å². The number of hydrogen-bond donors (Lipinski definition) is 2. The summed E-state index contributed by atoms with van der Waals surface area (Å²) < 4.78 is 20.5. The summed E-state index contributed by atoms with van der Waals surface area (Å²) in [5.74, 6) is 0.0380. The van der Waals surface area contributed by atoms with Crippen LogP contribution in [0.2, 0.25) is 0 Å². The number of thiazole rings is 1. The van der Waals surface area contributed by atoms with E-state index in [1.165, 1.54) is 29.8 Å². The average Bonchev–Trinajstić information content (AvgIpc) is 3.44. The maximum atomic E-state index is 14.2. The molecule has 0 radical (unpaired) electrons. The molecule has 8 nitrogen and oxygen atoms in total. The number of amides is 1. The van der Waals surface area contributed by atoms with Crippen molar-refractivity contribution in [2.24, 2.45) is 5.73 Å². The van der Waals surface area contributed by atoms with Gasteiger partial charge in [-0.25, -0.2) is 19.3 Å². The van der Waals surface area contributed by atoms with Gasteiger partial charge in [0.2, 0.25) is 0 Å². The molecule has 0 spiro atoms. The number of benzene rings is 1. The van der Waals surface area contributed by atoms with Gasteiger partial charge in [0.1, 0.15) is 39.7 Å². The zero-order chi connectivity index (χ0) is 23.7. The SMILES string of the molecule is Cc1c(C(N)=O)sc2ncnc(Nc3ccc(F)cc3OC3CCCN(Cc4nccs4)C3)c12. The van der Waals surface area contributed by atoms with E-state index >= 15 is 0 Å². The first-order valence-electron chi connectivity index (χ1n) is 10.9. The minimum atomic E-state index is -0.503.